The first-order valence-corrected chi connectivity index (χ1v) is 12.7. The second-order valence-corrected chi connectivity index (χ2v) is 9.45. The van der Waals surface area contributed by atoms with Crippen LogP contribution in [-0.4, -0.2) is 52.6 Å². The highest BCUT2D eigenvalue weighted by molar-refractivity contribution is 7.89. The standard InChI is InChI=1S/C22H31N5O5S/c1-4-9-18-21-25-20(26-22(29)27(21)15(3)24-18)17-14-16(10-11-19(17)32-5-2)33(30,31)23-12-7-6-8-13-28/h10-11,14,23,28H,4-9,12-13H2,1-3H3,(H,25,26,29). The summed E-state index contributed by atoms with van der Waals surface area (Å²) in [7, 11) is -3.78. The SMILES string of the molecule is CCCc1nc(C)n2c(=O)[nH]c(-c3cc(S(=O)(=O)NCCCCCO)ccc3OCC)nc12. The van der Waals surface area contributed by atoms with E-state index < -0.39 is 15.7 Å². The number of ether oxygens (including phenoxy) is 1. The third-order valence-electron chi connectivity index (χ3n) is 5.17. The van der Waals surface area contributed by atoms with Crippen LogP contribution in [0, 0.1) is 6.92 Å². The minimum absolute atomic E-state index is 0.0455. The zero-order valence-corrected chi connectivity index (χ0v) is 20.0. The zero-order chi connectivity index (χ0) is 24.0. The second-order valence-electron chi connectivity index (χ2n) is 7.68. The zero-order valence-electron chi connectivity index (χ0n) is 19.2. The van der Waals surface area contributed by atoms with Crippen molar-refractivity contribution in [1.82, 2.24) is 24.1 Å². The van der Waals surface area contributed by atoms with Crippen molar-refractivity contribution in [2.75, 3.05) is 19.8 Å². The first-order valence-electron chi connectivity index (χ1n) is 11.2. The molecule has 2 aromatic heterocycles. The molecule has 1 aromatic carbocycles. The molecule has 180 valence electrons. The Balaban J connectivity index is 2.05. The molecule has 0 radical (unpaired) electrons. The summed E-state index contributed by atoms with van der Waals surface area (Å²) in [5, 5.41) is 8.86. The van der Waals surface area contributed by atoms with Crippen molar-refractivity contribution in [2.24, 2.45) is 0 Å². The number of aromatic nitrogens is 4. The number of hydrogen-bond donors (Lipinski definition) is 3. The number of nitrogens with one attached hydrogen (secondary N) is 2. The largest absolute Gasteiger partial charge is 0.493 e. The molecule has 3 rings (SSSR count). The maximum atomic E-state index is 12.8. The number of aliphatic hydroxyl groups is 1. The van der Waals surface area contributed by atoms with Gasteiger partial charge in [-0.05, 0) is 57.7 Å². The molecule has 0 aliphatic rings. The van der Waals surface area contributed by atoms with Gasteiger partial charge in [-0.15, -0.1) is 0 Å². The molecule has 11 heteroatoms. The molecule has 0 aliphatic carbocycles. The van der Waals surface area contributed by atoms with Gasteiger partial charge in [-0.2, -0.15) is 0 Å². The van der Waals surface area contributed by atoms with E-state index in [0.717, 1.165) is 12.8 Å². The van der Waals surface area contributed by atoms with Crippen LogP contribution in [-0.2, 0) is 16.4 Å². The Hall–Kier alpha value is -2.76. The first-order chi connectivity index (χ1) is 15.8. The molecule has 0 bridgehead atoms. The van der Waals surface area contributed by atoms with Gasteiger partial charge in [0.25, 0.3) is 0 Å². The molecular weight excluding hydrogens is 446 g/mol. The Labute approximate surface area is 193 Å². The minimum Gasteiger partial charge on any atom is -0.493 e. The van der Waals surface area contributed by atoms with Crippen molar-refractivity contribution in [1.29, 1.82) is 0 Å². The average molecular weight is 478 g/mol. The van der Waals surface area contributed by atoms with Gasteiger partial charge in [0.05, 0.1) is 22.8 Å². The van der Waals surface area contributed by atoms with Gasteiger partial charge in [0.2, 0.25) is 10.0 Å². The van der Waals surface area contributed by atoms with Gasteiger partial charge in [0.1, 0.15) is 17.4 Å². The lowest BCUT2D eigenvalue weighted by Gasteiger charge is -2.13. The number of hydrogen-bond acceptors (Lipinski definition) is 7. The fraction of sp³-hybridized carbons (Fsp3) is 0.500. The maximum Gasteiger partial charge on any atom is 0.334 e. The molecule has 0 fully saturated rings. The van der Waals surface area contributed by atoms with Crippen molar-refractivity contribution in [3.63, 3.8) is 0 Å². The monoisotopic (exact) mass is 477 g/mol. The highest BCUT2D eigenvalue weighted by Crippen LogP contribution is 2.30. The van der Waals surface area contributed by atoms with Crippen molar-refractivity contribution in [3.05, 3.63) is 40.2 Å². The molecule has 0 saturated carbocycles. The number of H-pyrrole nitrogens is 1. The van der Waals surface area contributed by atoms with Gasteiger partial charge in [0, 0.05) is 13.2 Å². The number of nitrogens with zero attached hydrogens (tertiary/aromatic N) is 3. The molecule has 2 heterocycles. The lowest BCUT2D eigenvalue weighted by molar-refractivity contribution is 0.283. The summed E-state index contributed by atoms with van der Waals surface area (Å²) in [5.74, 6) is 1.17. The Morgan fingerprint density at radius 3 is 2.67 bits per heavy atom. The van der Waals surface area contributed by atoms with E-state index in [4.69, 9.17) is 9.84 Å². The summed E-state index contributed by atoms with van der Waals surface area (Å²) < 4.78 is 35.4. The number of aromatic amines is 1. The van der Waals surface area contributed by atoms with Gasteiger partial charge in [-0.1, -0.05) is 13.3 Å². The topological polar surface area (TPSA) is 139 Å². The van der Waals surface area contributed by atoms with Gasteiger partial charge >= 0.3 is 5.69 Å². The molecule has 0 unspecified atom stereocenters. The molecule has 0 saturated heterocycles. The van der Waals surface area contributed by atoms with Crippen LogP contribution < -0.4 is 15.1 Å². The van der Waals surface area contributed by atoms with Crippen LogP contribution in [0.4, 0.5) is 0 Å². The lowest BCUT2D eigenvalue weighted by atomic mass is 10.2. The lowest BCUT2D eigenvalue weighted by Crippen LogP contribution is -2.25. The number of unbranched alkanes of at least 4 members (excludes halogenated alkanes) is 2. The summed E-state index contributed by atoms with van der Waals surface area (Å²) in [6, 6.07) is 4.49. The third kappa shape index (κ3) is 5.60. The van der Waals surface area contributed by atoms with Crippen LogP contribution in [0.2, 0.25) is 0 Å². The minimum atomic E-state index is -3.78. The van der Waals surface area contributed by atoms with Gasteiger partial charge < -0.3 is 9.84 Å². The molecule has 0 atom stereocenters. The summed E-state index contributed by atoms with van der Waals surface area (Å²) in [6.07, 6.45) is 3.49. The summed E-state index contributed by atoms with van der Waals surface area (Å²) in [4.78, 5) is 24.7. The van der Waals surface area contributed by atoms with Gasteiger partial charge in [0.15, 0.2) is 5.65 Å². The normalized spacial score (nSPS) is 11.9. The third-order valence-corrected chi connectivity index (χ3v) is 6.63. The van der Waals surface area contributed by atoms with Gasteiger partial charge in [-0.25, -0.2) is 32.3 Å². The first kappa shape index (κ1) is 24.9. The van der Waals surface area contributed by atoms with Crippen LogP contribution in [0.25, 0.3) is 17.0 Å². The number of aryl methyl sites for hydroxylation is 2. The van der Waals surface area contributed by atoms with E-state index in [1.807, 2.05) is 13.8 Å². The highest BCUT2D eigenvalue weighted by atomic mass is 32.2. The highest BCUT2D eigenvalue weighted by Gasteiger charge is 2.20. The van der Waals surface area contributed by atoms with Crippen molar-refractivity contribution in [2.45, 2.75) is 57.8 Å². The molecular formula is C22H31N5O5S. The molecule has 0 aliphatic heterocycles. The molecule has 3 aromatic rings. The molecule has 10 nitrogen and oxygen atoms in total. The van der Waals surface area contributed by atoms with E-state index in [-0.39, 0.29) is 23.9 Å². The van der Waals surface area contributed by atoms with E-state index in [9.17, 15) is 13.2 Å². The van der Waals surface area contributed by atoms with E-state index in [1.54, 1.807) is 13.0 Å². The Morgan fingerprint density at radius 2 is 1.97 bits per heavy atom. The fourth-order valence-electron chi connectivity index (χ4n) is 3.60. The predicted molar refractivity (Wildman–Crippen MR) is 125 cm³/mol. The van der Waals surface area contributed by atoms with E-state index in [2.05, 4.69) is 19.7 Å². The van der Waals surface area contributed by atoms with E-state index in [0.29, 0.717) is 54.3 Å². The molecule has 0 amide bonds. The Kier molecular flexibility index (Phi) is 8.22. The maximum absolute atomic E-state index is 12.8. The van der Waals surface area contributed by atoms with Crippen molar-refractivity contribution >= 4 is 15.7 Å². The Morgan fingerprint density at radius 1 is 1.18 bits per heavy atom. The fourth-order valence-corrected chi connectivity index (χ4v) is 4.70. The van der Waals surface area contributed by atoms with Crippen LogP contribution in [0.3, 0.4) is 0 Å². The van der Waals surface area contributed by atoms with Crippen LogP contribution in [0.5, 0.6) is 5.75 Å². The van der Waals surface area contributed by atoms with E-state index in [1.165, 1.54) is 16.5 Å². The average Bonchev–Trinajstić information content (AvgIpc) is 3.10. The van der Waals surface area contributed by atoms with E-state index >= 15 is 0 Å². The molecule has 3 N–H and O–H groups in total. The summed E-state index contributed by atoms with van der Waals surface area (Å²) >= 11 is 0. The number of aliphatic hydroxyl groups excluding tert-OH is 1. The number of rotatable bonds is 12. The van der Waals surface area contributed by atoms with Gasteiger partial charge in [-0.3, -0.25) is 4.98 Å². The molecule has 33 heavy (non-hydrogen) atoms. The van der Waals surface area contributed by atoms with Crippen LogP contribution in [0.15, 0.2) is 27.9 Å². The van der Waals surface area contributed by atoms with Crippen molar-refractivity contribution < 1.29 is 18.3 Å². The number of sulfonamides is 1. The van der Waals surface area contributed by atoms with Crippen LogP contribution in [0.1, 0.15) is 51.0 Å². The number of imidazole rings is 1. The summed E-state index contributed by atoms with van der Waals surface area (Å²) in [5.41, 5.74) is 1.14. The van der Waals surface area contributed by atoms with Crippen LogP contribution >= 0.6 is 0 Å². The predicted octanol–water partition coefficient (Wildman–Crippen LogP) is 2.19. The second kappa shape index (κ2) is 10.9. The summed E-state index contributed by atoms with van der Waals surface area (Å²) in [6.45, 7) is 6.30. The quantitative estimate of drug-likeness (QED) is 0.340. The number of fused-ring (bicyclic) bond motifs is 1. The molecule has 0 spiro atoms. The Bertz CT molecular complexity index is 1270. The number of benzene rings is 1. The van der Waals surface area contributed by atoms with Crippen molar-refractivity contribution in [3.8, 4) is 17.1 Å². The smallest absolute Gasteiger partial charge is 0.334 e.